The summed E-state index contributed by atoms with van der Waals surface area (Å²) in [6, 6.07) is 5.54. The molecule has 1 aliphatic rings. The van der Waals surface area contributed by atoms with Crippen LogP contribution in [0.2, 0.25) is 0 Å². The lowest BCUT2D eigenvalue weighted by atomic mass is 9.96. The van der Waals surface area contributed by atoms with Crippen LogP contribution in [0.1, 0.15) is 6.92 Å². The third kappa shape index (κ3) is 4.16. The van der Waals surface area contributed by atoms with Crippen molar-refractivity contribution in [3.05, 3.63) is 30.1 Å². The highest BCUT2D eigenvalue weighted by atomic mass is 19.1. The first-order valence-electron chi connectivity index (χ1n) is 6.40. The number of amides is 1. The van der Waals surface area contributed by atoms with Gasteiger partial charge in [-0.1, -0.05) is 6.07 Å². The molecule has 1 N–H and O–H groups in total. The van der Waals surface area contributed by atoms with Gasteiger partial charge in [-0.15, -0.1) is 0 Å². The summed E-state index contributed by atoms with van der Waals surface area (Å²) in [6.45, 7) is 1.78. The number of carbonyl (C=O) groups is 2. The molecule has 1 aromatic carbocycles. The highest BCUT2D eigenvalue weighted by molar-refractivity contribution is 5.79. The molecule has 0 saturated carbocycles. The Morgan fingerprint density at radius 2 is 2.10 bits per heavy atom. The Hall–Kier alpha value is -2.15. The lowest BCUT2D eigenvalue weighted by Gasteiger charge is -2.47. The molecular weight excluding hydrogens is 281 g/mol. The first-order chi connectivity index (χ1) is 9.88. The number of hydrogen-bond acceptors (Lipinski definition) is 4. The molecule has 0 atom stereocenters. The van der Waals surface area contributed by atoms with Crippen molar-refractivity contribution >= 4 is 11.9 Å². The Morgan fingerprint density at radius 1 is 1.38 bits per heavy atom. The van der Waals surface area contributed by atoms with Crippen LogP contribution in [-0.4, -0.2) is 53.8 Å². The number of halogens is 1. The maximum atomic E-state index is 12.9. The molecular formula is C14H16FNO5. The molecule has 0 aliphatic carbocycles. The van der Waals surface area contributed by atoms with Gasteiger partial charge < -0.3 is 19.5 Å². The highest BCUT2D eigenvalue weighted by Gasteiger charge is 2.42. The number of ether oxygens (including phenoxy) is 2. The fraction of sp³-hybridized carbons (Fsp3) is 0.429. The molecule has 1 aromatic rings. The van der Waals surface area contributed by atoms with Crippen LogP contribution in [0.3, 0.4) is 0 Å². The van der Waals surface area contributed by atoms with E-state index in [2.05, 4.69) is 0 Å². The van der Waals surface area contributed by atoms with E-state index in [-0.39, 0.29) is 18.3 Å². The van der Waals surface area contributed by atoms with Crippen LogP contribution in [0.15, 0.2) is 24.3 Å². The predicted octanol–water partition coefficient (Wildman–Crippen LogP) is 0.907. The minimum Gasteiger partial charge on any atom is -0.484 e. The first kappa shape index (κ1) is 15.2. The lowest BCUT2D eigenvalue weighted by Crippen LogP contribution is -2.64. The van der Waals surface area contributed by atoms with Gasteiger partial charge in [-0.05, 0) is 19.1 Å². The van der Waals surface area contributed by atoms with Crippen molar-refractivity contribution in [3.63, 3.8) is 0 Å². The van der Waals surface area contributed by atoms with Crippen LogP contribution >= 0.6 is 0 Å². The zero-order valence-corrected chi connectivity index (χ0v) is 11.5. The summed E-state index contributed by atoms with van der Waals surface area (Å²) in [6.07, 6.45) is 0. The number of carbonyl (C=O) groups excluding carboxylic acids is 1. The van der Waals surface area contributed by atoms with Gasteiger partial charge in [0.2, 0.25) is 0 Å². The normalized spacial score (nSPS) is 16.2. The Bertz CT molecular complexity index is 542. The summed E-state index contributed by atoms with van der Waals surface area (Å²) in [5.74, 6) is -1.45. The van der Waals surface area contributed by atoms with Gasteiger partial charge in [0.1, 0.15) is 23.8 Å². The van der Waals surface area contributed by atoms with Crippen molar-refractivity contribution < 1.29 is 28.6 Å². The summed E-state index contributed by atoms with van der Waals surface area (Å²) in [5.41, 5.74) is -0.632. The van der Waals surface area contributed by atoms with Gasteiger partial charge in [-0.3, -0.25) is 4.79 Å². The highest BCUT2D eigenvalue weighted by Crippen LogP contribution is 2.24. The Balaban J connectivity index is 1.75. The van der Waals surface area contributed by atoms with E-state index in [0.717, 1.165) is 0 Å². The zero-order valence-electron chi connectivity index (χ0n) is 11.5. The van der Waals surface area contributed by atoms with Gasteiger partial charge in [0.25, 0.3) is 5.91 Å². The van der Waals surface area contributed by atoms with Gasteiger partial charge >= 0.3 is 5.97 Å². The molecule has 0 unspecified atom stereocenters. The Labute approximate surface area is 121 Å². The van der Waals surface area contributed by atoms with E-state index < -0.39 is 24.0 Å². The Kier molecular flexibility index (Phi) is 4.42. The number of aliphatic carboxylic acids is 1. The van der Waals surface area contributed by atoms with Gasteiger partial charge in [0.05, 0.1) is 13.1 Å². The van der Waals surface area contributed by atoms with E-state index in [9.17, 15) is 14.0 Å². The van der Waals surface area contributed by atoms with Gasteiger partial charge in [-0.2, -0.15) is 0 Å². The van der Waals surface area contributed by atoms with E-state index in [0.29, 0.717) is 13.1 Å². The molecule has 1 aliphatic heterocycles. The topological polar surface area (TPSA) is 76.1 Å². The molecule has 0 spiro atoms. The molecule has 0 aromatic heterocycles. The third-order valence-electron chi connectivity index (χ3n) is 3.11. The number of likely N-dealkylation sites (tertiary alicyclic amines) is 1. The van der Waals surface area contributed by atoms with Crippen LogP contribution in [0.4, 0.5) is 4.39 Å². The lowest BCUT2D eigenvalue weighted by molar-refractivity contribution is -0.174. The molecule has 0 bridgehead atoms. The minimum absolute atomic E-state index is 0.196. The zero-order chi connectivity index (χ0) is 15.5. The molecule has 2 rings (SSSR count). The SMILES string of the molecule is CC1(OCC(=O)O)CN(C(=O)COc2cccc(F)c2)C1. The molecule has 1 amide bonds. The van der Waals surface area contributed by atoms with Gasteiger partial charge in [0.15, 0.2) is 6.61 Å². The number of nitrogens with zero attached hydrogens (tertiary/aromatic N) is 1. The van der Waals surface area contributed by atoms with Crippen molar-refractivity contribution in [3.8, 4) is 5.75 Å². The second kappa shape index (κ2) is 6.09. The standard InChI is InChI=1S/C14H16FNO5/c1-14(21-7-13(18)19)8-16(9-14)12(17)6-20-11-4-2-3-10(15)5-11/h2-5H,6-9H2,1H3,(H,18,19). The average molecular weight is 297 g/mol. The number of benzene rings is 1. The molecule has 1 saturated heterocycles. The van der Waals surface area contributed by atoms with Crippen LogP contribution < -0.4 is 4.74 Å². The summed E-state index contributed by atoms with van der Waals surface area (Å²) < 4.78 is 23.3. The molecule has 6 nitrogen and oxygen atoms in total. The smallest absolute Gasteiger partial charge is 0.329 e. The molecule has 7 heteroatoms. The molecule has 0 radical (unpaired) electrons. The molecule has 1 heterocycles. The van der Waals surface area contributed by atoms with Gasteiger partial charge in [-0.25, -0.2) is 9.18 Å². The molecule has 1 fully saturated rings. The fourth-order valence-electron chi connectivity index (χ4n) is 2.06. The molecule has 21 heavy (non-hydrogen) atoms. The third-order valence-corrected chi connectivity index (χ3v) is 3.11. The van der Waals surface area contributed by atoms with Crippen LogP contribution in [0.25, 0.3) is 0 Å². The summed E-state index contributed by atoms with van der Waals surface area (Å²) in [4.78, 5) is 23.8. The van der Waals surface area contributed by atoms with E-state index in [1.165, 1.54) is 23.1 Å². The Morgan fingerprint density at radius 3 is 2.71 bits per heavy atom. The second-order valence-corrected chi connectivity index (χ2v) is 5.13. The minimum atomic E-state index is -1.05. The maximum Gasteiger partial charge on any atom is 0.329 e. The van der Waals surface area contributed by atoms with Gasteiger partial charge in [0, 0.05) is 6.07 Å². The van der Waals surface area contributed by atoms with E-state index >= 15 is 0 Å². The average Bonchev–Trinajstić information content (AvgIpc) is 2.39. The number of rotatable bonds is 6. The van der Waals surface area contributed by atoms with Crippen molar-refractivity contribution in [1.82, 2.24) is 4.90 Å². The number of hydrogen-bond donors (Lipinski definition) is 1. The second-order valence-electron chi connectivity index (χ2n) is 5.13. The largest absolute Gasteiger partial charge is 0.484 e. The number of carboxylic acid groups (broad SMARTS) is 1. The van der Waals surface area contributed by atoms with Crippen LogP contribution in [0.5, 0.6) is 5.75 Å². The molecule has 114 valence electrons. The van der Waals surface area contributed by atoms with Crippen molar-refractivity contribution in [1.29, 1.82) is 0 Å². The van der Waals surface area contributed by atoms with Crippen molar-refractivity contribution in [2.45, 2.75) is 12.5 Å². The fourth-order valence-corrected chi connectivity index (χ4v) is 2.06. The first-order valence-corrected chi connectivity index (χ1v) is 6.40. The quantitative estimate of drug-likeness (QED) is 0.844. The predicted molar refractivity (Wildman–Crippen MR) is 70.5 cm³/mol. The summed E-state index contributed by atoms with van der Waals surface area (Å²) in [5, 5.41) is 8.55. The number of carboxylic acids is 1. The monoisotopic (exact) mass is 297 g/mol. The van der Waals surface area contributed by atoms with Crippen LogP contribution in [-0.2, 0) is 14.3 Å². The maximum absolute atomic E-state index is 12.9. The summed E-state index contributed by atoms with van der Waals surface area (Å²) >= 11 is 0. The van der Waals surface area contributed by atoms with Crippen LogP contribution in [0, 0.1) is 5.82 Å². The van der Waals surface area contributed by atoms with E-state index in [4.69, 9.17) is 14.6 Å². The van der Waals surface area contributed by atoms with Crippen molar-refractivity contribution in [2.24, 2.45) is 0 Å². The van der Waals surface area contributed by atoms with Crippen molar-refractivity contribution in [2.75, 3.05) is 26.3 Å². The van der Waals surface area contributed by atoms with E-state index in [1.54, 1.807) is 13.0 Å². The summed E-state index contributed by atoms with van der Waals surface area (Å²) in [7, 11) is 0. The van der Waals surface area contributed by atoms with E-state index in [1.807, 2.05) is 0 Å².